The van der Waals surface area contributed by atoms with Crippen molar-refractivity contribution in [2.45, 2.75) is 35.7 Å². The Morgan fingerprint density at radius 3 is 2.85 bits per heavy atom. The molecular formula is C19H23ClN4O2S. The lowest BCUT2D eigenvalue weighted by atomic mass is 10.2. The van der Waals surface area contributed by atoms with Crippen molar-refractivity contribution in [2.24, 2.45) is 0 Å². The van der Waals surface area contributed by atoms with Crippen molar-refractivity contribution in [1.82, 2.24) is 20.2 Å². The van der Waals surface area contributed by atoms with Gasteiger partial charge in [-0.2, -0.15) is 0 Å². The number of halogens is 1. The van der Waals surface area contributed by atoms with E-state index < -0.39 is 0 Å². The first kappa shape index (κ1) is 19.9. The molecule has 1 saturated heterocycles. The number of likely N-dealkylation sites (N-methyl/N-ethyl adjacent to an activating group) is 1. The van der Waals surface area contributed by atoms with Gasteiger partial charge in [0, 0.05) is 17.5 Å². The van der Waals surface area contributed by atoms with Crippen molar-refractivity contribution in [1.29, 1.82) is 0 Å². The molecule has 0 radical (unpaired) electrons. The van der Waals surface area contributed by atoms with Gasteiger partial charge in [0.15, 0.2) is 10.8 Å². The van der Waals surface area contributed by atoms with Gasteiger partial charge in [0.25, 0.3) is 5.91 Å². The van der Waals surface area contributed by atoms with Crippen LogP contribution in [0.2, 0.25) is 5.15 Å². The number of nitrogens with one attached hydrogen (secondary N) is 1. The predicted molar refractivity (Wildman–Crippen MR) is 107 cm³/mol. The zero-order chi connectivity index (χ0) is 19.2. The Hall–Kier alpha value is -1.83. The van der Waals surface area contributed by atoms with Gasteiger partial charge in [-0.15, -0.1) is 0 Å². The molecule has 0 bridgehead atoms. The Morgan fingerprint density at radius 2 is 2.15 bits per heavy atom. The standard InChI is InChI=1S/C19H23ClN4O2S/c1-3-24-11-7-8-13(24)12-21-17(25)15-18(26-2)23-19(16(20)22-15)27-14-9-5-4-6-10-14/h4-6,9-10,13H,3,7-8,11-12H2,1-2H3,(H,21,25). The molecule has 3 rings (SSSR count). The van der Waals surface area contributed by atoms with Gasteiger partial charge in [0.2, 0.25) is 5.88 Å². The first-order valence-corrected chi connectivity index (χ1v) is 10.2. The van der Waals surface area contributed by atoms with Gasteiger partial charge >= 0.3 is 0 Å². The largest absolute Gasteiger partial charge is 0.479 e. The van der Waals surface area contributed by atoms with E-state index in [1.54, 1.807) is 0 Å². The monoisotopic (exact) mass is 406 g/mol. The average Bonchev–Trinajstić information content (AvgIpc) is 3.15. The maximum atomic E-state index is 12.6. The molecule has 1 aromatic heterocycles. The second kappa shape index (κ2) is 9.39. The van der Waals surface area contributed by atoms with E-state index in [1.807, 2.05) is 30.3 Å². The number of hydrogen-bond acceptors (Lipinski definition) is 6. The van der Waals surface area contributed by atoms with Crippen LogP contribution < -0.4 is 10.1 Å². The normalized spacial score (nSPS) is 17.1. The van der Waals surface area contributed by atoms with Gasteiger partial charge in [-0.1, -0.05) is 48.5 Å². The highest BCUT2D eigenvalue weighted by Gasteiger charge is 2.25. The van der Waals surface area contributed by atoms with Crippen molar-refractivity contribution in [3.8, 4) is 5.88 Å². The van der Waals surface area contributed by atoms with Crippen molar-refractivity contribution in [2.75, 3.05) is 26.7 Å². The number of carbonyl (C=O) groups is 1. The van der Waals surface area contributed by atoms with Crippen LogP contribution in [0, 0.1) is 0 Å². The summed E-state index contributed by atoms with van der Waals surface area (Å²) < 4.78 is 5.30. The number of hydrogen-bond donors (Lipinski definition) is 1. The molecule has 1 aliphatic rings. The fraction of sp³-hybridized carbons (Fsp3) is 0.421. The van der Waals surface area contributed by atoms with Gasteiger partial charge < -0.3 is 10.1 Å². The lowest BCUT2D eigenvalue weighted by molar-refractivity contribution is 0.0932. The maximum absolute atomic E-state index is 12.6. The lowest BCUT2D eigenvalue weighted by Gasteiger charge is -2.22. The molecule has 0 aliphatic carbocycles. The number of amides is 1. The minimum Gasteiger partial charge on any atom is -0.479 e. The van der Waals surface area contributed by atoms with E-state index in [-0.39, 0.29) is 22.6 Å². The SMILES string of the molecule is CCN1CCCC1CNC(=O)c1nc(Cl)c(Sc2ccccc2)nc1OC. The molecule has 1 unspecified atom stereocenters. The topological polar surface area (TPSA) is 67.4 Å². The third-order valence-corrected chi connectivity index (χ3v) is 5.92. The Kier molecular flexibility index (Phi) is 6.93. The van der Waals surface area contributed by atoms with E-state index >= 15 is 0 Å². The molecule has 27 heavy (non-hydrogen) atoms. The summed E-state index contributed by atoms with van der Waals surface area (Å²) in [4.78, 5) is 24.6. The predicted octanol–water partition coefficient (Wildman–Crippen LogP) is 3.50. The number of aromatic nitrogens is 2. The molecule has 2 heterocycles. The van der Waals surface area contributed by atoms with E-state index in [0.717, 1.165) is 30.8 Å². The average molecular weight is 407 g/mol. The zero-order valence-corrected chi connectivity index (χ0v) is 17.0. The smallest absolute Gasteiger partial charge is 0.275 e. The van der Waals surface area contributed by atoms with Crippen molar-refractivity contribution in [3.63, 3.8) is 0 Å². The highest BCUT2D eigenvalue weighted by atomic mass is 35.5. The van der Waals surface area contributed by atoms with Crippen molar-refractivity contribution >= 4 is 29.3 Å². The number of likely N-dealkylation sites (tertiary alicyclic amines) is 1. The summed E-state index contributed by atoms with van der Waals surface area (Å²) in [6, 6.07) is 10.1. The van der Waals surface area contributed by atoms with Gasteiger partial charge in [-0.3, -0.25) is 9.69 Å². The fourth-order valence-corrected chi connectivity index (χ4v) is 4.19. The molecular weight excluding hydrogens is 384 g/mol. The quantitative estimate of drug-likeness (QED) is 0.759. The van der Waals surface area contributed by atoms with Crippen LogP contribution in [0.15, 0.2) is 40.3 Å². The Bertz CT molecular complexity index is 791. The van der Waals surface area contributed by atoms with Gasteiger partial charge in [-0.25, -0.2) is 9.97 Å². The summed E-state index contributed by atoms with van der Waals surface area (Å²) in [7, 11) is 1.47. The fourth-order valence-electron chi connectivity index (χ4n) is 3.18. The Morgan fingerprint density at radius 1 is 1.37 bits per heavy atom. The first-order chi connectivity index (χ1) is 13.1. The third kappa shape index (κ3) is 4.91. The van der Waals surface area contributed by atoms with E-state index in [2.05, 4.69) is 27.1 Å². The molecule has 144 valence electrons. The number of nitrogens with zero attached hydrogens (tertiary/aromatic N) is 3. The van der Waals surface area contributed by atoms with Gasteiger partial charge in [-0.05, 0) is 38.1 Å². The molecule has 6 nitrogen and oxygen atoms in total. The molecule has 1 aliphatic heterocycles. The van der Waals surface area contributed by atoms with E-state index in [9.17, 15) is 4.79 Å². The van der Waals surface area contributed by atoms with Crippen LogP contribution in [0.1, 0.15) is 30.3 Å². The molecule has 0 spiro atoms. The summed E-state index contributed by atoms with van der Waals surface area (Å²) in [5, 5.41) is 3.64. The number of carbonyl (C=O) groups excluding carboxylic acids is 1. The number of methoxy groups -OCH3 is 1. The van der Waals surface area contributed by atoms with E-state index in [4.69, 9.17) is 16.3 Å². The van der Waals surface area contributed by atoms with E-state index in [1.165, 1.54) is 18.9 Å². The van der Waals surface area contributed by atoms with Crippen LogP contribution in [0.25, 0.3) is 0 Å². The Labute approximate surface area is 168 Å². The van der Waals surface area contributed by atoms with Crippen LogP contribution in [-0.4, -0.2) is 53.6 Å². The maximum Gasteiger partial charge on any atom is 0.275 e. The Balaban J connectivity index is 1.73. The van der Waals surface area contributed by atoms with Gasteiger partial charge in [0.1, 0.15) is 5.03 Å². The van der Waals surface area contributed by atoms with Crippen LogP contribution in [0.5, 0.6) is 5.88 Å². The minimum absolute atomic E-state index is 0.112. The second-order valence-electron chi connectivity index (χ2n) is 6.23. The second-order valence-corrected chi connectivity index (χ2v) is 7.65. The molecule has 1 N–H and O–H groups in total. The van der Waals surface area contributed by atoms with Crippen LogP contribution in [0.3, 0.4) is 0 Å². The summed E-state index contributed by atoms with van der Waals surface area (Å²) in [5.41, 5.74) is 0.112. The number of benzene rings is 1. The highest BCUT2D eigenvalue weighted by molar-refractivity contribution is 7.99. The molecule has 1 aromatic carbocycles. The third-order valence-electron chi connectivity index (χ3n) is 4.56. The van der Waals surface area contributed by atoms with Crippen LogP contribution >= 0.6 is 23.4 Å². The summed E-state index contributed by atoms with van der Waals surface area (Å²) >= 11 is 7.66. The lowest BCUT2D eigenvalue weighted by Crippen LogP contribution is -2.40. The van der Waals surface area contributed by atoms with Crippen molar-refractivity contribution < 1.29 is 9.53 Å². The first-order valence-electron chi connectivity index (χ1n) is 8.99. The highest BCUT2D eigenvalue weighted by Crippen LogP contribution is 2.32. The van der Waals surface area contributed by atoms with Crippen LogP contribution in [0.4, 0.5) is 0 Å². The van der Waals surface area contributed by atoms with E-state index in [0.29, 0.717) is 17.6 Å². The minimum atomic E-state index is -0.319. The van der Waals surface area contributed by atoms with Crippen LogP contribution in [-0.2, 0) is 0 Å². The van der Waals surface area contributed by atoms with Gasteiger partial charge in [0.05, 0.1) is 7.11 Å². The zero-order valence-electron chi connectivity index (χ0n) is 15.4. The number of ether oxygens (including phenoxy) is 1. The molecule has 1 fully saturated rings. The molecule has 0 saturated carbocycles. The summed E-state index contributed by atoms with van der Waals surface area (Å²) in [5.74, 6) is -0.144. The summed E-state index contributed by atoms with van der Waals surface area (Å²) in [6.07, 6.45) is 2.25. The van der Waals surface area contributed by atoms with Crippen molar-refractivity contribution in [3.05, 3.63) is 41.2 Å². The molecule has 1 atom stereocenters. The molecule has 1 amide bonds. The molecule has 2 aromatic rings. The number of rotatable bonds is 7. The molecule has 8 heteroatoms. The summed E-state index contributed by atoms with van der Waals surface area (Å²) in [6.45, 7) is 4.78.